The largest absolute Gasteiger partial charge is 0.458 e. The second-order valence-electron chi connectivity index (χ2n) is 7.36. The van der Waals surface area contributed by atoms with Crippen molar-refractivity contribution in [3.8, 4) is 0 Å². The Bertz CT molecular complexity index is 818. The number of benzene rings is 1. The highest BCUT2D eigenvalue weighted by molar-refractivity contribution is 6.29. The number of hydrogen-bond donors (Lipinski definition) is 0. The molecule has 0 aromatic heterocycles. The van der Waals surface area contributed by atoms with E-state index in [0.29, 0.717) is 0 Å². The van der Waals surface area contributed by atoms with Gasteiger partial charge in [-0.1, -0.05) is 36.4 Å². The molecule has 1 aliphatic rings. The topological polar surface area (TPSA) is 93.2 Å². The fraction of sp³-hybridized carbons (Fsp3) is 0.400. The number of ether oxygens (including phenoxy) is 2. The first-order valence-electron chi connectivity index (χ1n) is 8.91. The highest BCUT2D eigenvalue weighted by Crippen LogP contribution is 2.20. The summed E-state index contributed by atoms with van der Waals surface area (Å²) in [6.45, 7) is 7.89. The lowest BCUT2D eigenvalue weighted by atomic mass is 10.1. The number of esters is 1. The molecular formula is C20H23ClN2O6. The molecule has 1 heterocycles. The highest BCUT2D eigenvalue weighted by Gasteiger charge is 2.46. The maximum absolute atomic E-state index is 13.0. The normalized spacial score (nSPS) is 17.0. The fourth-order valence-electron chi connectivity index (χ4n) is 2.64. The van der Waals surface area contributed by atoms with Gasteiger partial charge < -0.3 is 9.47 Å². The summed E-state index contributed by atoms with van der Waals surface area (Å²) in [5.41, 5.74) is -0.552. The Morgan fingerprint density at radius 3 is 2.34 bits per heavy atom. The average molecular weight is 423 g/mol. The monoisotopic (exact) mass is 422 g/mol. The van der Waals surface area contributed by atoms with Gasteiger partial charge >= 0.3 is 12.1 Å². The number of amides is 3. The minimum Gasteiger partial charge on any atom is -0.458 e. The summed E-state index contributed by atoms with van der Waals surface area (Å²) >= 11 is 5.62. The van der Waals surface area contributed by atoms with E-state index in [9.17, 15) is 19.2 Å². The summed E-state index contributed by atoms with van der Waals surface area (Å²) in [5, 5.41) is 0.0441. The summed E-state index contributed by atoms with van der Waals surface area (Å²) in [7, 11) is 0. The van der Waals surface area contributed by atoms with Gasteiger partial charge in [0, 0.05) is 23.7 Å². The maximum Gasteiger partial charge on any atom is 0.411 e. The predicted octanol–water partition coefficient (Wildman–Crippen LogP) is 2.57. The molecular weight excluding hydrogens is 400 g/mol. The van der Waals surface area contributed by atoms with Gasteiger partial charge in [0.2, 0.25) is 6.04 Å². The summed E-state index contributed by atoms with van der Waals surface area (Å²) in [6.07, 6.45) is -0.857. The molecule has 3 amide bonds. The molecule has 1 aliphatic heterocycles. The van der Waals surface area contributed by atoms with Crippen molar-refractivity contribution in [1.29, 1.82) is 0 Å². The molecule has 0 radical (unpaired) electrons. The van der Waals surface area contributed by atoms with Crippen molar-refractivity contribution in [3.63, 3.8) is 0 Å². The summed E-state index contributed by atoms with van der Waals surface area (Å²) in [5.74, 6) is -2.46. The Hall–Kier alpha value is -2.87. The van der Waals surface area contributed by atoms with E-state index in [-0.39, 0.29) is 30.3 Å². The zero-order valence-corrected chi connectivity index (χ0v) is 17.3. The van der Waals surface area contributed by atoms with Gasteiger partial charge in [-0.15, -0.1) is 0 Å². The fourth-order valence-corrected chi connectivity index (χ4v) is 2.69. The van der Waals surface area contributed by atoms with Crippen molar-refractivity contribution >= 4 is 35.5 Å². The van der Waals surface area contributed by atoms with Crippen LogP contribution in [0.25, 0.3) is 0 Å². The van der Waals surface area contributed by atoms with E-state index in [4.69, 9.17) is 21.1 Å². The van der Waals surface area contributed by atoms with Crippen LogP contribution in [0.4, 0.5) is 4.79 Å². The van der Waals surface area contributed by atoms with E-state index in [1.807, 2.05) is 0 Å². The number of carbonyl (C=O) groups excluding carboxylic acids is 4. The van der Waals surface area contributed by atoms with E-state index >= 15 is 0 Å². The molecule has 1 atom stereocenters. The number of nitrogens with zero attached hydrogens (tertiary/aromatic N) is 2. The Balaban J connectivity index is 2.30. The maximum atomic E-state index is 13.0. The minimum absolute atomic E-state index is 0.0441. The Labute approximate surface area is 174 Å². The van der Waals surface area contributed by atoms with E-state index in [2.05, 4.69) is 6.58 Å². The van der Waals surface area contributed by atoms with Gasteiger partial charge in [0.1, 0.15) is 12.2 Å². The summed E-state index contributed by atoms with van der Waals surface area (Å²) < 4.78 is 10.3. The molecule has 0 spiro atoms. The van der Waals surface area contributed by atoms with Gasteiger partial charge in [-0.25, -0.2) is 9.59 Å². The molecule has 156 valence electrons. The van der Waals surface area contributed by atoms with Crippen LogP contribution in [-0.4, -0.2) is 65.0 Å². The number of imide groups is 1. The van der Waals surface area contributed by atoms with E-state index in [1.54, 1.807) is 51.1 Å². The molecule has 1 aromatic carbocycles. The van der Waals surface area contributed by atoms with Crippen molar-refractivity contribution in [2.24, 2.45) is 0 Å². The first-order chi connectivity index (χ1) is 13.5. The molecule has 29 heavy (non-hydrogen) atoms. The lowest BCUT2D eigenvalue weighted by molar-refractivity contribution is -0.158. The second kappa shape index (κ2) is 9.09. The smallest absolute Gasteiger partial charge is 0.411 e. The van der Waals surface area contributed by atoms with Gasteiger partial charge in [-0.2, -0.15) is 0 Å². The van der Waals surface area contributed by atoms with Gasteiger partial charge in [-0.05, 0) is 32.9 Å². The molecule has 1 fully saturated rings. The number of carbonyl (C=O) groups is 4. The zero-order valence-electron chi connectivity index (χ0n) is 16.5. The lowest BCUT2D eigenvalue weighted by Gasteiger charge is -2.38. The quantitative estimate of drug-likeness (QED) is 0.420. The Morgan fingerprint density at radius 1 is 1.17 bits per heavy atom. The number of hydrogen-bond acceptors (Lipinski definition) is 6. The standard InChI is InChI=1S/C20H23ClN2O6/c1-13(21)12-28-18(26)15-17(25)23(16(24)14-8-6-5-7-9-14)11-10-22(15)19(27)29-20(2,3)4/h5-9,15H,1,10-12H2,2-4H3. The van der Waals surface area contributed by atoms with E-state index < -0.39 is 35.5 Å². The number of halogens is 1. The number of rotatable bonds is 4. The van der Waals surface area contributed by atoms with Crippen LogP contribution < -0.4 is 0 Å². The molecule has 9 heteroatoms. The Morgan fingerprint density at radius 2 is 1.79 bits per heavy atom. The summed E-state index contributed by atoms with van der Waals surface area (Å²) in [6, 6.07) is 6.50. The van der Waals surface area contributed by atoms with Crippen LogP contribution in [0, 0.1) is 0 Å². The minimum atomic E-state index is -1.66. The van der Waals surface area contributed by atoms with E-state index in [0.717, 1.165) is 9.80 Å². The SMILES string of the molecule is C=C(Cl)COC(=O)C1C(=O)N(C(=O)c2ccccc2)CCN1C(=O)OC(C)(C)C. The van der Waals surface area contributed by atoms with Crippen molar-refractivity contribution in [1.82, 2.24) is 9.80 Å². The van der Waals surface area contributed by atoms with Crippen LogP contribution >= 0.6 is 11.6 Å². The number of piperazine rings is 1. The highest BCUT2D eigenvalue weighted by atomic mass is 35.5. The van der Waals surface area contributed by atoms with Crippen LogP contribution in [0.1, 0.15) is 31.1 Å². The van der Waals surface area contributed by atoms with E-state index in [1.165, 1.54) is 0 Å². The Kier molecular flexibility index (Phi) is 7.02. The van der Waals surface area contributed by atoms with Crippen LogP contribution in [-0.2, 0) is 19.1 Å². The first-order valence-corrected chi connectivity index (χ1v) is 9.29. The predicted molar refractivity (Wildman–Crippen MR) is 105 cm³/mol. The third-order valence-electron chi connectivity index (χ3n) is 3.86. The van der Waals surface area contributed by atoms with Crippen LogP contribution in [0.3, 0.4) is 0 Å². The molecule has 1 aromatic rings. The summed E-state index contributed by atoms with van der Waals surface area (Å²) in [4.78, 5) is 52.8. The molecule has 0 N–H and O–H groups in total. The first kappa shape index (κ1) is 22.4. The molecule has 0 saturated carbocycles. The third-order valence-corrected chi connectivity index (χ3v) is 3.97. The van der Waals surface area contributed by atoms with Crippen molar-refractivity contribution < 1.29 is 28.7 Å². The van der Waals surface area contributed by atoms with Crippen LogP contribution in [0.15, 0.2) is 41.9 Å². The van der Waals surface area contributed by atoms with Gasteiger partial charge in [-0.3, -0.25) is 19.4 Å². The van der Waals surface area contributed by atoms with Crippen LogP contribution in [0.2, 0.25) is 0 Å². The molecule has 0 bridgehead atoms. The van der Waals surface area contributed by atoms with Crippen LogP contribution in [0.5, 0.6) is 0 Å². The van der Waals surface area contributed by atoms with Gasteiger partial charge in [0.25, 0.3) is 11.8 Å². The molecule has 0 aliphatic carbocycles. The molecule has 2 rings (SSSR count). The van der Waals surface area contributed by atoms with Gasteiger partial charge in [0.05, 0.1) is 0 Å². The lowest BCUT2D eigenvalue weighted by Crippen LogP contribution is -2.63. The second-order valence-corrected chi connectivity index (χ2v) is 7.90. The average Bonchev–Trinajstić information content (AvgIpc) is 2.64. The van der Waals surface area contributed by atoms with Gasteiger partial charge in [0.15, 0.2) is 0 Å². The van der Waals surface area contributed by atoms with Crippen molar-refractivity contribution in [2.75, 3.05) is 19.7 Å². The zero-order chi connectivity index (χ0) is 21.8. The molecule has 1 unspecified atom stereocenters. The van der Waals surface area contributed by atoms with Crippen molar-refractivity contribution in [3.05, 3.63) is 47.5 Å². The third kappa shape index (κ3) is 5.80. The van der Waals surface area contributed by atoms with Crippen molar-refractivity contribution in [2.45, 2.75) is 32.4 Å². The molecule has 1 saturated heterocycles. The molecule has 8 nitrogen and oxygen atoms in total.